The predicted molar refractivity (Wildman–Crippen MR) is 65.6 cm³/mol. The highest BCUT2D eigenvalue weighted by molar-refractivity contribution is 5.34. The van der Waals surface area contributed by atoms with E-state index in [0.29, 0.717) is 5.75 Å². The molecule has 0 saturated heterocycles. The first-order valence-electron chi connectivity index (χ1n) is 5.72. The summed E-state index contributed by atoms with van der Waals surface area (Å²) >= 11 is 0. The minimum Gasteiger partial charge on any atom is -0.508 e. The van der Waals surface area contributed by atoms with Gasteiger partial charge in [0, 0.05) is 24.8 Å². The van der Waals surface area contributed by atoms with Gasteiger partial charge in [-0.15, -0.1) is 0 Å². The van der Waals surface area contributed by atoms with E-state index >= 15 is 0 Å². The number of para-hydroxylation sites is 1. The molecule has 1 atom stereocenters. The van der Waals surface area contributed by atoms with Crippen molar-refractivity contribution in [2.75, 3.05) is 26.8 Å². The monoisotopic (exact) mass is 223 g/mol. The van der Waals surface area contributed by atoms with Crippen LogP contribution in [0.2, 0.25) is 0 Å². The van der Waals surface area contributed by atoms with Crippen molar-refractivity contribution >= 4 is 0 Å². The van der Waals surface area contributed by atoms with E-state index < -0.39 is 0 Å². The van der Waals surface area contributed by atoms with E-state index in [-0.39, 0.29) is 6.04 Å². The second-order valence-corrected chi connectivity index (χ2v) is 3.91. The normalized spacial score (nSPS) is 13.0. The van der Waals surface area contributed by atoms with Crippen LogP contribution in [-0.2, 0) is 4.74 Å². The quantitative estimate of drug-likeness (QED) is 0.752. The van der Waals surface area contributed by atoms with Gasteiger partial charge in [0.2, 0.25) is 0 Å². The van der Waals surface area contributed by atoms with Gasteiger partial charge >= 0.3 is 0 Å². The molecule has 0 saturated carbocycles. The molecule has 1 N–H and O–H groups in total. The Hall–Kier alpha value is -1.06. The van der Waals surface area contributed by atoms with Gasteiger partial charge in [0.25, 0.3) is 0 Å². The zero-order chi connectivity index (χ0) is 12.0. The lowest BCUT2D eigenvalue weighted by Gasteiger charge is -2.25. The molecule has 1 aromatic rings. The number of nitrogens with zero attached hydrogens (tertiary/aromatic N) is 1. The van der Waals surface area contributed by atoms with Gasteiger partial charge in [-0.25, -0.2) is 0 Å². The van der Waals surface area contributed by atoms with Crippen molar-refractivity contribution in [1.82, 2.24) is 4.90 Å². The van der Waals surface area contributed by atoms with E-state index in [0.717, 1.165) is 25.3 Å². The van der Waals surface area contributed by atoms with E-state index in [1.54, 1.807) is 6.07 Å². The summed E-state index contributed by atoms with van der Waals surface area (Å²) in [6.45, 7) is 6.42. The highest BCUT2D eigenvalue weighted by atomic mass is 16.5. The van der Waals surface area contributed by atoms with Gasteiger partial charge in [-0.3, -0.25) is 4.90 Å². The number of hydrogen-bond donors (Lipinski definition) is 1. The molecule has 90 valence electrons. The SMILES string of the molecule is CCOCCN(C)C(C)c1ccccc1O. The Morgan fingerprint density at radius 3 is 2.69 bits per heavy atom. The van der Waals surface area contributed by atoms with Crippen LogP contribution in [0.5, 0.6) is 5.75 Å². The molecule has 0 amide bonds. The van der Waals surface area contributed by atoms with Crippen LogP contribution in [0.15, 0.2) is 24.3 Å². The molecular weight excluding hydrogens is 202 g/mol. The molecule has 0 aliphatic heterocycles. The molecule has 0 aliphatic carbocycles. The minimum absolute atomic E-state index is 0.196. The highest BCUT2D eigenvalue weighted by Crippen LogP contribution is 2.26. The van der Waals surface area contributed by atoms with Crippen LogP contribution in [0, 0.1) is 0 Å². The van der Waals surface area contributed by atoms with Crippen molar-refractivity contribution in [2.45, 2.75) is 19.9 Å². The molecule has 3 heteroatoms. The molecule has 16 heavy (non-hydrogen) atoms. The lowest BCUT2D eigenvalue weighted by atomic mass is 10.1. The first-order chi connectivity index (χ1) is 7.66. The molecule has 0 bridgehead atoms. The first kappa shape index (κ1) is 13.0. The standard InChI is InChI=1S/C13H21NO2/c1-4-16-10-9-14(3)11(2)12-7-5-6-8-13(12)15/h5-8,11,15H,4,9-10H2,1-3H3. The summed E-state index contributed by atoms with van der Waals surface area (Å²) < 4.78 is 5.32. The number of phenolic OH excluding ortho intramolecular Hbond substituents is 1. The van der Waals surface area contributed by atoms with E-state index in [1.807, 2.05) is 32.2 Å². The van der Waals surface area contributed by atoms with Crippen LogP contribution in [0.4, 0.5) is 0 Å². The molecule has 0 aromatic heterocycles. The number of rotatable bonds is 6. The van der Waals surface area contributed by atoms with Crippen molar-refractivity contribution in [1.29, 1.82) is 0 Å². The van der Waals surface area contributed by atoms with Gasteiger partial charge in [-0.2, -0.15) is 0 Å². The number of benzene rings is 1. The molecular formula is C13H21NO2. The molecule has 0 heterocycles. The zero-order valence-electron chi connectivity index (χ0n) is 10.3. The number of phenols is 1. The van der Waals surface area contributed by atoms with Crippen LogP contribution in [0.3, 0.4) is 0 Å². The van der Waals surface area contributed by atoms with Crippen molar-refractivity contribution in [3.05, 3.63) is 29.8 Å². The summed E-state index contributed by atoms with van der Waals surface area (Å²) in [6, 6.07) is 7.66. The van der Waals surface area contributed by atoms with Gasteiger partial charge in [-0.1, -0.05) is 18.2 Å². The van der Waals surface area contributed by atoms with Gasteiger partial charge in [0.1, 0.15) is 5.75 Å². The van der Waals surface area contributed by atoms with Gasteiger partial charge in [0.05, 0.1) is 6.61 Å². The van der Waals surface area contributed by atoms with E-state index in [2.05, 4.69) is 11.8 Å². The van der Waals surface area contributed by atoms with Crippen molar-refractivity contribution in [3.8, 4) is 5.75 Å². The van der Waals surface area contributed by atoms with Crippen LogP contribution in [0.1, 0.15) is 25.5 Å². The maximum absolute atomic E-state index is 9.74. The lowest BCUT2D eigenvalue weighted by molar-refractivity contribution is 0.110. The zero-order valence-corrected chi connectivity index (χ0v) is 10.3. The van der Waals surface area contributed by atoms with Gasteiger partial charge in [0.15, 0.2) is 0 Å². The Bertz CT molecular complexity index is 315. The first-order valence-corrected chi connectivity index (χ1v) is 5.72. The number of hydrogen-bond acceptors (Lipinski definition) is 3. The van der Waals surface area contributed by atoms with E-state index in [9.17, 15) is 5.11 Å². The third kappa shape index (κ3) is 3.51. The maximum Gasteiger partial charge on any atom is 0.120 e. The van der Waals surface area contributed by atoms with Crippen molar-refractivity contribution in [3.63, 3.8) is 0 Å². The second kappa shape index (κ2) is 6.51. The Labute approximate surface area is 97.7 Å². The Balaban J connectivity index is 2.56. The van der Waals surface area contributed by atoms with Crippen LogP contribution < -0.4 is 0 Å². The Morgan fingerprint density at radius 1 is 1.38 bits per heavy atom. The number of aromatic hydroxyl groups is 1. The molecule has 0 fully saturated rings. The van der Waals surface area contributed by atoms with E-state index in [4.69, 9.17) is 4.74 Å². The third-order valence-corrected chi connectivity index (χ3v) is 2.84. The Kier molecular flexibility index (Phi) is 5.29. The minimum atomic E-state index is 0.196. The number of likely N-dealkylation sites (N-methyl/N-ethyl adjacent to an activating group) is 1. The second-order valence-electron chi connectivity index (χ2n) is 3.91. The van der Waals surface area contributed by atoms with E-state index in [1.165, 1.54) is 0 Å². The van der Waals surface area contributed by atoms with Crippen molar-refractivity contribution in [2.24, 2.45) is 0 Å². The summed E-state index contributed by atoms with van der Waals surface area (Å²) in [7, 11) is 2.04. The molecule has 1 rings (SSSR count). The fraction of sp³-hybridized carbons (Fsp3) is 0.538. The van der Waals surface area contributed by atoms with Crippen LogP contribution >= 0.6 is 0 Å². The molecule has 3 nitrogen and oxygen atoms in total. The third-order valence-electron chi connectivity index (χ3n) is 2.84. The lowest BCUT2D eigenvalue weighted by Crippen LogP contribution is -2.26. The number of ether oxygens (including phenoxy) is 1. The highest BCUT2D eigenvalue weighted by Gasteiger charge is 2.14. The van der Waals surface area contributed by atoms with Crippen LogP contribution in [0.25, 0.3) is 0 Å². The summed E-state index contributed by atoms with van der Waals surface area (Å²) in [6.07, 6.45) is 0. The Morgan fingerprint density at radius 2 is 2.06 bits per heavy atom. The molecule has 1 unspecified atom stereocenters. The van der Waals surface area contributed by atoms with Gasteiger partial charge < -0.3 is 9.84 Å². The average Bonchev–Trinajstić information content (AvgIpc) is 2.29. The molecule has 0 radical (unpaired) electrons. The maximum atomic E-state index is 9.74. The summed E-state index contributed by atoms with van der Waals surface area (Å²) in [4.78, 5) is 2.17. The smallest absolute Gasteiger partial charge is 0.120 e. The fourth-order valence-electron chi connectivity index (χ4n) is 1.62. The summed E-state index contributed by atoms with van der Waals surface area (Å²) in [5, 5.41) is 9.74. The van der Waals surface area contributed by atoms with Gasteiger partial charge in [-0.05, 0) is 27.0 Å². The molecule has 0 spiro atoms. The topological polar surface area (TPSA) is 32.7 Å². The molecule has 0 aliphatic rings. The summed E-state index contributed by atoms with van der Waals surface area (Å²) in [5.41, 5.74) is 0.960. The van der Waals surface area contributed by atoms with Crippen molar-refractivity contribution < 1.29 is 9.84 Å². The largest absolute Gasteiger partial charge is 0.508 e. The fourth-order valence-corrected chi connectivity index (χ4v) is 1.62. The van der Waals surface area contributed by atoms with Crippen LogP contribution in [-0.4, -0.2) is 36.8 Å². The molecule has 1 aromatic carbocycles. The summed E-state index contributed by atoms with van der Waals surface area (Å²) in [5.74, 6) is 0.359. The predicted octanol–water partition coefficient (Wildman–Crippen LogP) is 2.42. The average molecular weight is 223 g/mol.